The van der Waals surface area contributed by atoms with Crippen LogP contribution >= 0.6 is 0 Å². The van der Waals surface area contributed by atoms with Crippen LogP contribution in [0.15, 0.2) is 30.3 Å². The van der Waals surface area contributed by atoms with Crippen molar-refractivity contribution in [3.8, 4) is 0 Å². The summed E-state index contributed by atoms with van der Waals surface area (Å²) >= 11 is 0. The quantitative estimate of drug-likeness (QED) is 0.714. The molecule has 5 heteroatoms. The van der Waals surface area contributed by atoms with Crippen LogP contribution in [0.25, 0.3) is 0 Å². The number of carbonyl (C=O) groups is 2. The number of hydrogen-bond acceptors (Lipinski definition) is 2. The molecule has 0 radical (unpaired) electrons. The lowest BCUT2D eigenvalue weighted by Crippen LogP contribution is -2.47. The third-order valence-electron chi connectivity index (χ3n) is 2.42. The fourth-order valence-corrected chi connectivity index (χ4v) is 1.50. The molecular formula is C13H18N2O3. The smallest absolute Gasteiger partial charge is 0.326 e. The molecule has 18 heavy (non-hydrogen) atoms. The molecule has 0 fully saturated rings. The van der Waals surface area contributed by atoms with Gasteiger partial charge in [-0.1, -0.05) is 37.3 Å². The van der Waals surface area contributed by atoms with Crippen molar-refractivity contribution in [2.75, 3.05) is 6.54 Å². The van der Waals surface area contributed by atoms with Crippen molar-refractivity contribution in [3.05, 3.63) is 35.9 Å². The minimum absolute atomic E-state index is 0.274. The summed E-state index contributed by atoms with van der Waals surface area (Å²) in [5.41, 5.74) is 0.876. The van der Waals surface area contributed by atoms with Gasteiger partial charge in [0, 0.05) is 13.0 Å². The summed E-state index contributed by atoms with van der Waals surface area (Å²) in [5, 5.41) is 14.1. The van der Waals surface area contributed by atoms with Crippen molar-refractivity contribution in [2.24, 2.45) is 0 Å². The third-order valence-corrected chi connectivity index (χ3v) is 2.42. The van der Waals surface area contributed by atoms with Crippen LogP contribution in [0.4, 0.5) is 4.79 Å². The fourth-order valence-electron chi connectivity index (χ4n) is 1.50. The van der Waals surface area contributed by atoms with Gasteiger partial charge < -0.3 is 15.7 Å². The van der Waals surface area contributed by atoms with E-state index >= 15 is 0 Å². The predicted molar refractivity (Wildman–Crippen MR) is 68.4 cm³/mol. The van der Waals surface area contributed by atoms with E-state index in [2.05, 4.69) is 10.6 Å². The summed E-state index contributed by atoms with van der Waals surface area (Å²) in [6, 6.07) is 7.85. The zero-order valence-electron chi connectivity index (χ0n) is 10.3. The molecule has 0 aliphatic heterocycles. The Bertz CT molecular complexity index is 392. The molecule has 98 valence electrons. The average molecular weight is 250 g/mol. The molecule has 1 aromatic carbocycles. The Kier molecular flexibility index (Phi) is 5.70. The van der Waals surface area contributed by atoms with Crippen molar-refractivity contribution in [3.63, 3.8) is 0 Å². The van der Waals surface area contributed by atoms with Gasteiger partial charge in [-0.2, -0.15) is 0 Å². The Morgan fingerprint density at radius 2 is 1.94 bits per heavy atom. The van der Waals surface area contributed by atoms with E-state index in [1.807, 2.05) is 37.3 Å². The lowest BCUT2D eigenvalue weighted by molar-refractivity contribution is -0.139. The topological polar surface area (TPSA) is 78.4 Å². The second-order valence-electron chi connectivity index (χ2n) is 3.98. The van der Waals surface area contributed by atoms with Crippen LogP contribution in [0.2, 0.25) is 0 Å². The van der Waals surface area contributed by atoms with Crippen molar-refractivity contribution < 1.29 is 14.7 Å². The van der Waals surface area contributed by atoms with Crippen LogP contribution in [-0.4, -0.2) is 29.7 Å². The summed E-state index contributed by atoms with van der Waals surface area (Å²) in [5.74, 6) is -1.04. The molecule has 0 aliphatic carbocycles. The second-order valence-corrected chi connectivity index (χ2v) is 3.98. The Morgan fingerprint density at radius 1 is 1.28 bits per heavy atom. The van der Waals surface area contributed by atoms with E-state index in [9.17, 15) is 9.59 Å². The highest BCUT2D eigenvalue weighted by atomic mass is 16.4. The van der Waals surface area contributed by atoms with E-state index in [-0.39, 0.29) is 6.42 Å². The van der Waals surface area contributed by atoms with Crippen molar-refractivity contribution in [1.82, 2.24) is 10.6 Å². The highest BCUT2D eigenvalue weighted by Gasteiger charge is 2.19. The summed E-state index contributed by atoms with van der Waals surface area (Å²) in [7, 11) is 0. The molecule has 1 aromatic rings. The van der Waals surface area contributed by atoms with E-state index in [1.54, 1.807) is 0 Å². The number of benzene rings is 1. The molecule has 1 rings (SSSR count). The second kappa shape index (κ2) is 7.32. The first-order valence-corrected chi connectivity index (χ1v) is 5.94. The van der Waals surface area contributed by atoms with E-state index in [0.717, 1.165) is 12.0 Å². The molecule has 0 aliphatic rings. The number of carboxylic acids is 1. The molecule has 5 nitrogen and oxygen atoms in total. The Morgan fingerprint density at radius 3 is 2.50 bits per heavy atom. The average Bonchev–Trinajstić information content (AvgIpc) is 2.36. The monoisotopic (exact) mass is 250 g/mol. The SMILES string of the molecule is CCCNC(=O)N[C@H](Cc1ccccc1)C(=O)O. The van der Waals surface area contributed by atoms with Gasteiger partial charge in [0.05, 0.1) is 0 Å². The third kappa shape index (κ3) is 4.86. The van der Waals surface area contributed by atoms with Gasteiger partial charge in [0.1, 0.15) is 6.04 Å². The molecule has 0 saturated carbocycles. The molecule has 0 heterocycles. The Labute approximate surface area is 106 Å². The zero-order valence-corrected chi connectivity index (χ0v) is 10.3. The number of carboxylic acid groups (broad SMARTS) is 1. The Hall–Kier alpha value is -2.04. The van der Waals surface area contributed by atoms with Gasteiger partial charge in [0.25, 0.3) is 0 Å². The first kappa shape index (κ1) is 14.0. The molecule has 0 aromatic heterocycles. The van der Waals surface area contributed by atoms with Gasteiger partial charge in [-0.05, 0) is 12.0 Å². The van der Waals surface area contributed by atoms with E-state index in [0.29, 0.717) is 6.54 Å². The maximum Gasteiger partial charge on any atom is 0.326 e. The zero-order chi connectivity index (χ0) is 13.4. The molecule has 1 atom stereocenters. The lowest BCUT2D eigenvalue weighted by atomic mass is 10.1. The van der Waals surface area contributed by atoms with Gasteiger partial charge in [0.2, 0.25) is 0 Å². The lowest BCUT2D eigenvalue weighted by Gasteiger charge is -2.15. The van der Waals surface area contributed by atoms with Crippen LogP contribution in [0, 0.1) is 0 Å². The van der Waals surface area contributed by atoms with E-state index < -0.39 is 18.0 Å². The standard InChI is InChI=1S/C13H18N2O3/c1-2-8-14-13(18)15-11(12(16)17)9-10-6-4-3-5-7-10/h3-7,11H,2,8-9H2,1H3,(H,16,17)(H2,14,15,18)/t11-/m1/s1. The van der Waals surface area contributed by atoms with E-state index in [4.69, 9.17) is 5.11 Å². The van der Waals surface area contributed by atoms with Crippen LogP contribution < -0.4 is 10.6 Å². The number of aliphatic carboxylic acids is 1. The summed E-state index contributed by atoms with van der Waals surface area (Å²) in [6.45, 7) is 2.46. The molecule has 0 unspecified atom stereocenters. The van der Waals surface area contributed by atoms with Gasteiger partial charge in [-0.3, -0.25) is 0 Å². The number of rotatable bonds is 6. The maximum atomic E-state index is 11.4. The minimum atomic E-state index is -1.04. The number of urea groups is 1. The van der Waals surface area contributed by atoms with Gasteiger partial charge >= 0.3 is 12.0 Å². The predicted octanol–water partition coefficient (Wildman–Crippen LogP) is 1.39. The number of amides is 2. The van der Waals surface area contributed by atoms with Crippen LogP contribution in [0.3, 0.4) is 0 Å². The van der Waals surface area contributed by atoms with Gasteiger partial charge in [-0.25, -0.2) is 9.59 Å². The molecular weight excluding hydrogens is 232 g/mol. The van der Waals surface area contributed by atoms with Crippen molar-refractivity contribution >= 4 is 12.0 Å². The first-order valence-electron chi connectivity index (χ1n) is 5.94. The number of carbonyl (C=O) groups excluding carboxylic acids is 1. The van der Waals surface area contributed by atoms with Crippen LogP contribution in [-0.2, 0) is 11.2 Å². The first-order chi connectivity index (χ1) is 8.63. The fraction of sp³-hybridized carbons (Fsp3) is 0.385. The van der Waals surface area contributed by atoms with E-state index in [1.165, 1.54) is 0 Å². The molecule has 0 spiro atoms. The normalized spacial score (nSPS) is 11.6. The Balaban J connectivity index is 2.55. The largest absolute Gasteiger partial charge is 0.480 e. The highest BCUT2D eigenvalue weighted by Crippen LogP contribution is 2.03. The highest BCUT2D eigenvalue weighted by molar-refractivity contribution is 5.82. The van der Waals surface area contributed by atoms with Crippen LogP contribution in [0.5, 0.6) is 0 Å². The summed E-state index contributed by atoms with van der Waals surface area (Å²) < 4.78 is 0. The van der Waals surface area contributed by atoms with Crippen molar-refractivity contribution in [1.29, 1.82) is 0 Å². The molecule has 0 bridgehead atoms. The number of nitrogens with one attached hydrogen (secondary N) is 2. The molecule has 2 amide bonds. The van der Waals surface area contributed by atoms with Gasteiger partial charge in [-0.15, -0.1) is 0 Å². The molecule has 3 N–H and O–H groups in total. The minimum Gasteiger partial charge on any atom is -0.480 e. The van der Waals surface area contributed by atoms with Gasteiger partial charge in [0.15, 0.2) is 0 Å². The molecule has 0 saturated heterocycles. The van der Waals surface area contributed by atoms with Crippen LogP contribution in [0.1, 0.15) is 18.9 Å². The van der Waals surface area contributed by atoms with Crippen molar-refractivity contribution in [2.45, 2.75) is 25.8 Å². The summed E-state index contributed by atoms with van der Waals surface area (Å²) in [4.78, 5) is 22.5. The maximum absolute atomic E-state index is 11.4. The number of hydrogen-bond donors (Lipinski definition) is 3. The summed E-state index contributed by atoms with van der Waals surface area (Å²) in [6.07, 6.45) is 1.08.